The molecule has 7 heteroatoms. The van der Waals surface area contributed by atoms with Gasteiger partial charge in [0.15, 0.2) is 5.78 Å². The summed E-state index contributed by atoms with van der Waals surface area (Å²) in [6.07, 6.45) is 0.620. The summed E-state index contributed by atoms with van der Waals surface area (Å²) in [6, 6.07) is 28.3. The number of oxime groups is 2. The Kier molecular flexibility index (Phi) is 8.71. The molecule has 0 fully saturated rings. The summed E-state index contributed by atoms with van der Waals surface area (Å²) >= 11 is 0. The van der Waals surface area contributed by atoms with Crippen molar-refractivity contribution in [2.75, 3.05) is 0 Å². The average Bonchev–Trinajstić information content (AvgIpc) is 3.39. The molecule has 242 valence electrons. The van der Waals surface area contributed by atoms with Gasteiger partial charge in [0.1, 0.15) is 0 Å². The van der Waals surface area contributed by atoms with Crippen LogP contribution in [0.4, 0.5) is 0 Å². The molecule has 6 rings (SSSR count). The molecule has 0 aliphatic carbocycles. The van der Waals surface area contributed by atoms with E-state index >= 15 is 0 Å². The number of fused-ring (bicyclic) bond motifs is 5. The third-order valence-corrected chi connectivity index (χ3v) is 8.83. The molecule has 0 bridgehead atoms. The van der Waals surface area contributed by atoms with Crippen LogP contribution in [0.15, 0.2) is 95.2 Å². The van der Waals surface area contributed by atoms with Gasteiger partial charge in [0.2, 0.25) is 0 Å². The molecule has 0 atom stereocenters. The van der Waals surface area contributed by atoms with Crippen molar-refractivity contribution in [3.05, 3.63) is 124 Å². The Hall–Kier alpha value is -5.56. The number of ketones is 1. The zero-order chi connectivity index (χ0) is 34.3. The topological polar surface area (TPSA) is 93.2 Å². The van der Waals surface area contributed by atoms with Crippen LogP contribution >= 0.6 is 0 Å². The first-order valence-corrected chi connectivity index (χ1v) is 16.1. The van der Waals surface area contributed by atoms with Crippen molar-refractivity contribution in [2.45, 2.75) is 54.9 Å². The Balaban J connectivity index is 1.67. The highest BCUT2D eigenvalue weighted by Gasteiger charge is 2.23. The molecule has 0 unspecified atom stereocenters. The minimum absolute atomic E-state index is 0.00975. The molecule has 48 heavy (non-hydrogen) atoms. The molecule has 5 aromatic carbocycles. The van der Waals surface area contributed by atoms with Gasteiger partial charge in [0.05, 0.1) is 22.5 Å². The molecule has 7 nitrogen and oxygen atoms in total. The van der Waals surface area contributed by atoms with Gasteiger partial charge >= 0.3 is 5.97 Å². The number of nitrogens with zero attached hydrogens (tertiary/aromatic N) is 3. The van der Waals surface area contributed by atoms with Crippen LogP contribution in [-0.4, -0.2) is 33.0 Å². The fourth-order valence-electron chi connectivity index (χ4n) is 6.82. The summed E-state index contributed by atoms with van der Waals surface area (Å²) in [5.41, 5.74) is 10.1. The number of benzene rings is 5. The maximum absolute atomic E-state index is 14.5. The van der Waals surface area contributed by atoms with Gasteiger partial charge in [0.25, 0.3) is 0 Å². The monoisotopic (exact) mass is 637 g/mol. The molecule has 1 N–H and O–H groups in total. The minimum atomic E-state index is -0.476. The van der Waals surface area contributed by atoms with E-state index in [1.165, 1.54) is 6.92 Å². The van der Waals surface area contributed by atoms with Gasteiger partial charge in [-0.2, -0.15) is 0 Å². The van der Waals surface area contributed by atoms with Crippen LogP contribution in [0.1, 0.15) is 77.9 Å². The maximum Gasteiger partial charge on any atom is 0.331 e. The highest BCUT2D eigenvalue weighted by atomic mass is 16.7. The highest BCUT2D eigenvalue weighted by molar-refractivity contribution is 6.27. The number of carbonyl (C=O) groups is 2. The Morgan fingerprint density at radius 2 is 1.44 bits per heavy atom. The molecule has 1 heterocycles. The Morgan fingerprint density at radius 3 is 2.06 bits per heavy atom. The predicted octanol–water partition coefficient (Wildman–Crippen LogP) is 9.60. The van der Waals surface area contributed by atoms with E-state index < -0.39 is 5.97 Å². The van der Waals surface area contributed by atoms with Gasteiger partial charge in [-0.05, 0) is 92.4 Å². The smallest absolute Gasteiger partial charge is 0.331 e. The van der Waals surface area contributed by atoms with Crippen LogP contribution in [0.2, 0.25) is 0 Å². The van der Waals surface area contributed by atoms with Crippen LogP contribution in [-0.2, 0) is 9.63 Å². The number of hydrogen-bond acceptors (Lipinski definition) is 6. The number of rotatable bonds is 8. The summed E-state index contributed by atoms with van der Waals surface area (Å²) in [5, 5.41) is 21.3. The number of aryl methyl sites for hydroxylation is 3. The second-order valence-corrected chi connectivity index (χ2v) is 13.0. The zero-order valence-corrected chi connectivity index (χ0v) is 28.4. The lowest BCUT2D eigenvalue weighted by Crippen LogP contribution is -2.08. The molecule has 0 saturated heterocycles. The van der Waals surface area contributed by atoms with Gasteiger partial charge in [-0.25, -0.2) is 4.79 Å². The number of hydrogen-bond donors (Lipinski definition) is 1. The van der Waals surface area contributed by atoms with Crippen LogP contribution < -0.4 is 0 Å². The molecule has 0 spiro atoms. The van der Waals surface area contributed by atoms with Crippen molar-refractivity contribution in [1.82, 2.24) is 4.57 Å². The quantitative estimate of drug-likeness (QED) is 0.0591. The largest absolute Gasteiger partial charge is 0.411 e. The lowest BCUT2D eigenvalue weighted by atomic mass is 9.89. The molecular weight excluding hydrogens is 598 g/mol. The predicted molar refractivity (Wildman–Crippen MR) is 194 cm³/mol. The van der Waals surface area contributed by atoms with Crippen LogP contribution in [0, 0.1) is 26.7 Å². The van der Waals surface area contributed by atoms with Crippen molar-refractivity contribution in [3.63, 3.8) is 0 Å². The number of aromatic nitrogens is 1. The van der Waals surface area contributed by atoms with Crippen molar-refractivity contribution < 1.29 is 19.6 Å². The fraction of sp³-hybridized carbons (Fsp3) is 0.220. The second-order valence-electron chi connectivity index (χ2n) is 13.0. The lowest BCUT2D eigenvalue weighted by molar-refractivity contribution is -0.140. The first-order valence-electron chi connectivity index (χ1n) is 16.1. The van der Waals surface area contributed by atoms with E-state index in [1.807, 2.05) is 75.4 Å². The molecule has 0 saturated carbocycles. The van der Waals surface area contributed by atoms with E-state index in [0.29, 0.717) is 29.3 Å². The lowest BCUT2D eigenvalue weighted by Gasteiger charge is -2.15. The molecule has 0 radical (unpaired) electrons. The maximum atomic E-state index is 14.5. The fourth-order valence-corrected chi connectivity index (χ4v) is 6.82. The highest BCUT2D eigenvalue weighted by Crippen LogP contribution is 2.40. The van der Waals surface area contributed by atoms with Gasteiger partial charge in [0, 0.05) is 45.5 Å². The van der Waals surface area contributed by atoms with Crippen LogP contribution in [0.5, 0.6) is 0 Å². The first-order chi connectivity index (χ1) is 23.0. The molecule has 1 aromatic heterocycles. The normalized spacial score (nSPS) is 12.4. The van der Waals surface area contributed by atoms with Crippen LogP contribution in [0.25, 0.3) is 38.3 Å². The van der Waals surface area contributed by atoms with Gasteiger partial charge < -0.3 is 14.6 Å². The first kappa shape index (κ1) is 32.4. The van der Waals surface area contributed by atoms with Gasteiger partial charge in [-0.1, -0.05) is 84.3 Å². The third-order valence-electron chi connectivity index (χ3n) is 8.83. The molecule has 0 amide bonds. The average molecular weight is 638 g/mol. The van der Waals surface area contributed by atoms with E-state index in [1.54, 1.807) is 6.92 Å². The Morgan fingerprint density at radius 1 is 0.792 bits per heavy atom. The van der Waals surface area contributed by atoms with E-state index in [-0.39, 0.29) is 5.78 Å². The summed E-state index contributed by atoms with van der Waals surface area (Å²) in [5.74, 6) is -0.186. The summed E-state index contributed by atoms with van der Waals surface area (Å²) in [4.78, 5) is 30.7. The van der Waals surface area contributed by atoms with Crippen molar-refractivity contribution in [3.8, 4) is 5.69 Å². The van der Waals surface area contributed by atoms with E-state index in [4.69, 9.17) is 4.84 Å². The Labute approximate surface area is 280 Å². The Bertz CT molecular complexity index is 2280. The van der Waals surface area contributed by atoms with E-state index in [9.17, 15) is 14.8 Å². The second kappa shape index (κ2) is 12.9. The summed E-state index contributed by atoms with van der Waals surface area (Å²) in [7, 11) is 0. The molecule has 0 aliphatic rings. The number of carbonyl (C=O) groups excluding carboxylic acids is 2. The van der Waals surface area contributed by atoms with Crippen molar-refractivity contribution in [2.24, 2.45) is 16.2 Å². The summed E-state index contributed by atoms with van der Waals surface area (Å²) < 4.78 is 2.22. The van der Waals surface area contributed by atoms with Gasteiger partial charge in [-0.3, -0.25) is 4.79 Å². The molecular formula is C41H39N3O4. The summed E-state index contributed by atoms with van der Waals surface area (Å²) in [6.45, 7) is 13.3. The van der Waals surface area contributed by atoms with Crippen LogP contribution in [0.3, 0.4) is 0 Å². The SMILES string of the molecule is CC(=O)ON=C(C)c1ccc(-n2c3ccc(C(CC(C)C)=NO)cc3c3cc(C(=O)c4c(C)cc(C)cc4C)c4ccccc4c32)cc1. The standard InChI is InChI=1S/C41H39N3O4/c1-23(2)18-37(42-47)30-14-17-38-34(21-30)35-22-36(41(46)39-25(4)19-24(3)20-26(39)5)32-10-8-9-11-33(32)40(35)44(38)31-15-12-29(13-16-31)27(6)43-48-28(7)45/h8-17,19-23,47H,18H2,1-7H3. The molecule has 6 aromatic rings. The third kappa shape index (κ3) is 5.88. The van der Waals surface area contributed by atoms with Crippen molar-refractivity contribution in [1.29, 1.82) is 0 Å². The van der Waals surface area contributed by atoms with Gasteiger partial charge in [-0.15, -0.1) is 0 Å². The zero-order valence-electron chi connectivity index (χ0n) is 28.4. The molecule has 0 aliphatic heterocycles. The van der Waals surface area contributed by atoms with Crippen molar-refractivity contribution >= 4 is 55.8 Å². The minimum Gasteiger partial charge on any atom is -0.411 e. The van der Waals surface area contributed by atoms with E-state index in [2.05, 4.69) is 59.1 Å². The van der Waals surface area contributed by atoms with E-state index in [0.717, 1.165) is 71.6 Å².